The third-order valence-corrected chi connectivity index (χ3v) is 19.9. The van der Waals surface area contributed by atoms with Crippen LogP contribution in [0.25, 0.3) is 0 Å². The third-order valence-electron chi connectivity index (χ3n) is 19.7. The van der Waals surface area contributed by atoms with Gasteiger partial charge in [-0.15, -0.1) is 0 Å². The van der Waals surface area contributed by atoms with Crippen LogP contribution in [0.5, 0.6) is 0 Å². The molecule has 0 aliphatic heterocycles. The summed E-state index contributed by atoms with van der Waals surface area (Å²) < 4.78 is 11.1. The number of ether oxygens (including phenoxy) is 2. The van der Waals surface area contributed by atoms with E-state index >= 15 is 0 Å². The lowest BCUT2D eigenvalue weighted by atomic mass is 9.95. The lowest BCUT2D eigenvalue weighted by molar-refractivity contribution is -0.157. The molecule has 0 radical (unpaired) electrons. The molecule has 7 N–H and O–H groups in total. The van der Waals surface area contributed by atoms with E-state index in [1.54, 1.807) is 31.0 Å². The fourth-order valence-electron chi connectivity index (χ4n) is 13.8. The van der Waals surface area contributed by atoms with Crippen molar-refractivity contribution in [1.29, 1.82) is 0 Å². The highest BCUT2D eigenvalue weighted by atomic mass is 35.5. The third kappa shape index (κ3) is 39.7. The topological polar surface area (TPSA) is 341 Å². The van der Waals surface area contributed by atoms with Crippen molar-refractivity contribution in [1.82, 2.24) is 75.5 Å². The summed E-state index contributed by atoms with van der Waals surface area (Å²) in [5, 5.41) is 22.0. The Morgan fingerprint density at radius 2 is 0.842 bits per heavy atom. The Hall–Kier alpha value is -8.56. The SMILES string of the molecule is CC(=O)NCCN(CCCCc1ccc2c(n1)CCCC2)CC[C@H](Cc1cncc(C)n1)C(=O)O.CC(=O)NCCN(CCCCc1ccc2c(n1)CCCC2)CC[C@H](N)C(=O)OC(C)(C)C.CC(=O)NCCN(CCCCc1ccc2c(n1)CCCC2)CC[C@H](Nc1cncc(C)n1)C(=O)OC(C)(C)C.Cc1cncc(Cl)n1. The molecule has 0 bridgehead atoms. The number of carbonyl (C=O) groups is 6. The van der Waals surface area contributed by atoms with Crippen LogP contribution < -0.4 is 27.0 Å². The van der Waals surface area contributed by atoms with E-state index in [1.807, 2.05) is 62.3 Å². The summed E-state index contributed by atoms with van der Waals surface area (Å²) in [7, 11) is 0. The van der Waals surface area contributed by atoms with Crippen molar-refractivity contribution >= 4 is 53.0 Å². The number of pyridine rings is 3. The minimum atomic E-state index is -0.811. The largest absolute Gasteiger partial charge is 0.481 e. The minimum absolute atomic E-state index is 0.0334. The van der Waals surface area contributed by atoms with Crippen molar-refractivity contribution < 1.29 is 43.3 Å². The van der Waals surface area contributed by atoms with Crippen molar-refractivity contribution in [2.45, 2.75) is 267 Å². The van der Waals surface area contributed by atoms with Gasteiger partial charge in [0.25, 0.3) is 0 Å². The van der Waals surface area contributed by atoms with Crippen LogP contribution in [-0.2, 0) is 102 Å². The van der Waals surface area contributed by atoms with Crippen LogP contribution in [0.2, 0.25) is 5.15 Å². The molecule has 6 heterocycles. The van der Waals surface area contributed by atoms with Crippen LogP contribution in [0.1, 0.15) is 232 Å². The molecule has 0 spiro atoms. The second kappa shape index (κ2) is 50.7. The minimum Gasteiger partial charge on any atom is -0.481 e. The van der Waals surface area contributed by atoms with Crippen LogP contribution in [-0.4, -0.2) is 202 Å². The maximum absolute atomic E-state index is 13.1. The molecule has 9 rings (SSSR count). The molecule has 26 nitrogen and oxygen atoms in total. The number of nitrogens with one attached hydrogen (secondary N) is 4. The van der Waals surface area contributed by atoms with Crippen LogP contribution in [0, 0.1) is 26.7 Å². The number of nitrogens with zero attached hydrogens (tertiary/aromatic N) is 12. The number of nitrogens with two attached hydrogens (primary N) is 1. The van der Waals surface area contributed by atoms with E-state index in [-0.39, 0.29) is 29.7 Å². The number of fused-ring (bicyclic) bond motifs is 3. The average Bonchev–Trinajstić information content (AvgIpc) is 0.851. The first kappa shape index (κ1) is 94.3. The van der Waals surface area contributed by atoms with Crippen molar-refractivity contribution in [3.05, 3.63) is 152 Å². The first-order chi connectivity index (χ1) is 54.4. The first-order valence-corrected chi connectivity index (χ1v) is 41.8. The number of halogens is 1. The average molecular weight is 1600 g/mol. The number of aliphatic carboxylic acids is 1. The molecule has 626 valence electrons. The van der Waals surface area contributed by atoms with E-state index in [9.17, 15) is 33.9 Å². The van der Waals surface area contributed by atoms with Gasteiger partial charge in [-0.25, -0.2) is 14.8 Å². The summed E-state index contributed by atoms with van der Waals surface area (Å²) in [6.45, 7) is 29.8. The molecular weight excluding hydrogens is 1460 g/mol. The zero-order chi connectivity index (χ0) is 82.8. The fraction of sp³-hybridized carbons (Fsp3) is 0.621. The number of anilines is 1. The Bertz CT molecular complexity index is 3910. The van der Waals surface area contributed by atoms with Gasteiger partial charge in [0.15, 0.2) is 0 Å². The quantitative estimate of drug-likeness (QED) is 0.0154. The Morgan fingerprint density at radius 1 is 0.456 bits per heavy atom. The molecule has 0 saturated carbocycles. The van der Waals surface area contributed by atoms with Crippen LogP contribution in [0.15, 0.2) is 73.6 Å². The number of amides is 3. The van der Waals surface area contributed by atoms with E-state index in [0.29, 0.717) is 94.7 Å². The van der Waals surface area contributed by atoms with Gasteiger partial charge in [-0.3, -0.25) is 58.9 Å². The lowest BCUT2D eigenvalue weighted by Crippen LogP contribution is -2.41. The molecule has 0 fully saturated rings. The van der Waals surface area contributed by atoms with Crippen molar-refractivity contribution in [2.75, 3.05) is 83.9 Å². The molecule has 114 heavy (non-hydrogen) atoms. The van der Waals surface area contributed by atoms with Gasteiger partial charge in [0, 0.05) is 139 Å². The predicted octanol–water partition coefficient (Wildman–Crippen LogP) is 11.4. The standard InChI is InChI=1S/C30H46N6O3.C27H39N5O3.C25H42N4O3.C5H5ClN2/c1-22-20-31-21-28(33-22)35-27(29(38)39-30(3,4)5)15-18-36(19-16-32-23(2)37)17-9-8-11-25-14-13-24-10-6-7-12-26(24)34-25;1-20-18-28-19-25(30-20)17-23(27(34)35)12-15-32(16-13-29-21(2)33)14-6-5-8-24-11-10-22-7-3-4-9-26(22)31-24;1-19(30)27-15-18-29(17-14-22(26)24(31)32-25(2,3)4)16-8-7-10-21-13-12-20-9-5-6-11-23(20)28-21;1-4-2-7-3-5(6)8-4/h13-14,20-21,27H,6-12,15-19H2,1-5H3,(H,32,37)(H,33,35);10-11,18-19,23H,3-9,12-17H2,1-2H3,(H,29,33)(H,34,35);12-13,22H,5-11,14-18,26H2,1-4H3,(H,27,30);2-3H,1H3/t27-;23-;22-;/m010./s1. The zero-order valence-corrected chi connectivity index (χ0v) is 71.1. The van der Waals surface area contributed by atoms with E-state index in [2.05, 4.69) is 102 Å². The number of aromatic nitrogens is 9. The molecule has 3 aliphatic rings. The summed E-state index contributed by atoms with van der Waals surface area (Å²) in [6, 6.07) is 12.1. The fourth-order valence-corrected chi connectivity index (χ4v) is 14.0. The number of hydrogen-bond donors (Lipinski definition) is 6. The molecule has 6 aromatic rings. The number of carboxylic acid groups (broad SMARTS) is 1. The van der Waals surface area contributed by atoms with Gasteiger partial charge in [-0.05, 0) is 277 Å². The van der Waals surface area contributed by atoms with E-state index in [0.717, 1.165) is 140 Å². The Morgan fingerprint density at radius 3 is 1.23 bits per heavy atom. The monoisotopic (exact) mass is 1590 g/mol. The lowest BCUT2D eigenvalue weighted by Gasteiger charge is -2.28. The maximum Gasteiger partial charge on any atom is 0.329 e. The molecular formula is C87H132ClN17O9. The number of unbranched alkanes of at least 4 members (excludes halogenated alkanes) is 3. The van der Waals surface area contributed by atoms with Crippen molar-refractivity contribution in [3.8, 4) is 0 Å². The van der Waals surface area contributed by atoms with Gasteiger partial charge >= 0.3 is 17.9 Å². The molecule has 3 amide bonds. The number of hydrogen-bond acceptors (Lipinski definition) is 22. The summed E-state index contributed by atoms with van der Waals surface area (Å²) >= 11 is 5.47. The van der Waals surface area contributed by atoms with E-state index in [1.165, 1.54) is 116 Å². The summed E-state index contributed by atoms with van der Waals surface area (Å²) in [5.41, 5.74) is 19.7. The Labute approximate surface area is 683 Å². The molecule has 3 atom stereocenters. The van der Waals surface area contributed by atoms with Gasteiger partial charge in [-0.1, -0.05) is 29.8 Å². The van der Waals surface area contributed by atoms with Gasteiger partial charge in [0.1, 0.15) is 34.3 Å². The first-order valence-electron chi connectivity index (χ1n) is 41.5. The smallest absolute Gasteiger partial charge is 0.329 e. The number of carboxylic acids is 1. The maximum atomic E-state index is 13.1. The van der Waals surface area contributed by atoms with Crippen LogP contribution >= 0.6 is 11.6 Å². The number of aryl methyl sites for hydroxylation is 12. The highest BCUT2D eigenvalue weighted by molar-refractivity contribution is 6.29. The summed E-state index contributed by atoms with van der Waals surface area (Å²) in [5.74, 6) is -1.58. The van der Waals surface area contributed by atoms with Gasteiger partial charge in [-0.2, -0.15) is 0 Å². The number of esters is 2. The Balaban J connectivity index is 0.000000254. The summed E-state index contributed by atoms with van der Waals surface area (Å²) in [6.07, 6.45) is 35.1. The molecule has 3 aliphatic carbocycles. The van der Waals surface area contributed by atoms with Gasteiger partial charge in [0.2, 0.25) is 17.7 Å². The molecule has 0 aromatic carbocycles. The number of carbonyl (C=O) groups excluding carboxylic acids is 5. The normalized spacial score (nSPS) is 13.8. The zero-order valence-electron chi connectivity index (χ0n) is 70.4. The molecule has 0 unspecified atom stereocenters. The molecule has 6 aromatic heterocycles. The highest BCUT2D eigenvalue weighted by Crippen LogP contribution is 2.25. The van der Waals surface area contributed by atoms with Gasteiger partial charge in [0.05, 0.1) is 41.1 Å². The van der Waals surface area contributed by atoms with Gasteiger partial charge < -0.3 is 56.3 Å². The second-order valence-corrected chi connectivity index (χ2v) is 32.7. The van der Waals surface area contributed by atoms with E-state index < -0.39 is 35.2 Å². The predicted molar refractivity (Wildman–Crippen MR) is 448 cm³/mol. The summed E-state index contributed by atoms with van der Waals surface area (Å²) in [4.78, 5) is 117. The van der Waals surface area contributed by atoms with Crippen LogP contribution in [0.4, 0.5) is 5.82 Å². The highest BCUT2D eigenvalue weighted by Gasteiger charge is 2.28. The molecule has 0 saturated heterocycles. The number of rotatable bonds is 40. The Kier molecular flexibility index (Phi) is 41.9. The van der Waals surface area contributed by atoms with Crippen molar-refractivity contribution in [2.24, 2.45) is 11.7 Å². The van der Waals surface area contributed by atoms with Crippen LogP contribution in [0.3, 0.4) is 0 Å². The van der Waals surface area contributed by atoms with Crippen molar-refractivity contribution in [3.63, 3.8) is 0 Å². The molecule has 27 heteroatoms. The second-order valence-electron chi connectivity index (χ2n) is 32.3. The van der Waals surface area contributed by atoms with E-state index in [4.69, 9.17) is 41.8 Å².